The van der Waals surface area contributed by atoms with Gasteiger partial charge in [0.1, 0.15) is 19.3 Å². The average molecular weight is 1480 g/mol. The summed E-state index contributed by atoms with van der Waals surface area (Å²) < 4.78 is 68.8. The van der Waals surface area contributed by atoms with Gasteiger partial charge in [0.2, 0.25) is 0 Å². The van der Waals surface area contributed by atoms with Gasteiger partial charge in [-0.3, -0.25) is 37.3 Å². The van der Waals surface area contributed by atoms with Gasteiger partial charge in [0, 0.05) is 25.7 Å². The molecule has 600 valence electrons. The lowest BCUT2D eigenvalue weighted by molar-refractivity contribution is -0.161. The molecule has 17 nitrogen and oxygen atoms in total. The number of carbonyl (C=O) groups excluding carboxylic acids is 4. The second-order valence-corrected chi connectivity index (χ2v) is 33.4. The maximum absolute atomic E-state index is 13.1. The highest BCUT2D eigenvalue weighted by Crippen LogP contribution is 2.45. The molecule has 5 atom stereocenters. The molecule has 0 aliphatic carbocycles. The molecule has 0 bridgehead atoms. The molecule has 2 unspecified atom stereocenters. The Morgan fingerprint density at radius 3 is 0.673 bits per heavy atom. The molecule has 0 saturated heterocycles. The number of hydrogen-bond donors (Lipinski definition) is 3. The van der Waals surface area contributed by atoms with Gasteiger partial charge in [0.15, 0.2) is 12.2 Å². The molecular formula is C82H160O17P2. The number of hydrogen-bond acceptors (Lipinski definition) is 15. The van der Waals surface area contributed by atoms with Crippen molar-refractivity contribution in [3.8, 4) is 0 Å². The van der Waals surface area contributed by atoms with E-state index < -0.39 is 97.5 Å². The summed E-state index contributed by atoms with van der Waals surface area (Å²) in [6, 6.07) is 0. The predicted molar refractivity (Wildman–Crippen MR) is 414 cm³/mol. The standard InChI is InChI=1S/C82H160O17P2/c1-7-9-11-13-15-17-19-21-23-24-25-26-27-28-29-31-37-41-49-55-61-67-82(87)98-77(70-92-79(84)64-58-52-46-39-35-33-32-34-38-44-50-56-62-74(3)4)72-96-100(88,89)94-68-76(83)69-95-101(90,91)97-73-78(71-93-80(85)65-59-53-47-43-42-45-51-57-63-75(5)6)99-81(86)66-60-54-48-40-36-30-22-20-18-16-14-12-10-8-2/h74-78,83H,7-73H2,1-6H3,(H,88,89)(H,90,91)/t76-,77-,78-/m1/s1. The van der Waals surface area contributed by atoms with Gasteiger partial charge < -0.3 is 33.8 Å². The number of aliphatic hydroxyl groups is 1. The quantitative estimate of drug-likeness (QED) is 0.0222. The highest BCUT2D eigenvalue weighted by atomic mass is 31.2. The van der Waals surface area contributed by atoms with Gasteiger partial charge in [0.25, 0.3) is 0 Å². The number of esters is 4. The molecule has 0 fully saturated rings. The Labute approximate surface area is 619 Å². The number of phosphoric ester groups is 2. The van der Waals surface area contributed by atoms with Crippen LogP contribution in [0.1, 0.15) is 433 Å². The van der Waals surface area contributed by atoms with Gasteiger partial charge in [-0.2, -0.15) is 0 Å². The lowest BCUT2D eigenvalue weighted by atomic mass is 10.0. The van der Waals surface area contributed by atoms with Gasteiger partial charge in [0.05, 0.1) is 26.4 Å². The summed E-state index contributed by atoms with van der Waals surface area (Å²) >= 11 is 0. The third kappa shape index (κ3) is 76.1. The topological polar surface area (TPSA) is 237 Å². The smallest absolute Gasteiger partial charge is 0.462 e. The van der Waals surface area contributed by atoms with Crippen molar-refractivity contribution < 1.29 is 80.2 Å². The van der Waals surface area contributed by atoms with E-state index in [4.69, 9.17) is 37.0 Å². The van der Waals surface area contributed by atoms with E-state index in [1.54, 1.807) is 0 Å². The van der Waals surface area contributed by atoms with Gasteiger partial charge in [-0.05, 0) is 37.5 Å². The number of carbonyl (C=O) groups is 4. The fraction of sp³-hybridized carbons (Fsp3) is 0.951. The second kappa shape index (κ2) is 73.6. The molecule has 0 spiro atoms. The van der Waals surface area contributed by atoms with Crippen molar-refractivity contribution in [2.45, 2.75) is 452 Å². The van der Waals surface area contributed by atoms with Gasteiger partial charge >= 0.3 is 39.5 Å². The van der Waals surface area contributed by atoms with E-state index in [2.05, 4.69) is 41.5 Å². The summed E-state index contributed by atoms with van der Waals surface area (Å²) in [5.74, 6) is -0.599. The van der Waals surface area contributed by atoms with Crippen LogP contribution in [0.2, 0.25) is 0 Å². The van der Waals surface area contributed by atoms with Crippen LogP contribution in [-0.4, -0.2) is 96.7 Å². The molecule has 19 heteroatoms. The monoisotopic (exact) mass is 1480 g/mol. The average Bonchev–Trinajstić information content (AvgIpc) is 0.979. The highest BCUT2D eigenvalue weighted by molar-refractivity contribution is 7.47. The van der Waals surface area contributed by atoms with Crippen molar-refractivity contribution in [1.29, 1.82) is 0 Å². The van der Waals surface area contributed by atoms with E-state index in [1.165, 1.54) is 250 Å². The van der Waals surface area contributed by atoms with Crippen molar-refractivity contribution in [2.24, 2.45) is 11.8 Å². The maximum Gasteiger partial charge on any atom is 0.472 e. The Hall–Kier alpha value is -1.94. The van der Waals surface area contributed by atoms with Crippen LogP contribution in [0.3, 0.4) is 0 Å². The van der Waals surface area contributed by atoms with Gasteiger partial charge in [-0.15, -0.1) is 0 Å². The molecule has 0 aliphatic heterocycles. The lowest BCUT2D eigenvalue weighted by Gasteiger charge is -2.21. The van der Waals surface area contributed by atoms with Crippen LogP contribution in [0.15, 0.2) is 0 Å². The van der Waals surface area contributed by atoms with E-state index in [9.17, 15) is 43.2 Å². The summed E-state index contributed by atoms with van der Waals surface area (Å²) in [6.07, 6.45) is 63.9. The van der Waals surface area contributed by atoms with E-state index >= 15 is 0 Å². The van der Waals surface area contributed by atoms with Crippen molar-refractivity contribution >= 4 is 39.5 Å². The number of rotatable bonds is 81. The minimum atomic E-state index is -4.96. The molecule has 0 saturated carbocycles. The third-order valence-corrected chi connectivity index (χ3v) is 21.1. The first-order valence-corrected chi connectivity index (χ1v) is 45.5. The summed E-state index contributed by atoms with van der Waals surface area (Å²) in [6.45, 7) is 9.62. The normalized spacial score (nSPS) is 13.9. The molecule has 0 aromatic rings. The predicted octanol–water partition coefficient (Wildman–Crippen LogP) is 24.7. The Bertz CT molecular complexity index is 1940. The summed E-state index contributed by atoms with van der Waals surface area (Å²) in [5, 5.41) is 10.6. The minimum absolute atomic E-state index is 0.108. The molecule has 3 N–H and O–H groups in total. The van der Waals surface area contributed by atoms with Crippen LogP contribution in [0, 0.1) is 11.8 Å². The van der Waals surface area contributed by atoms with Crippen molar-refractivity contribution in [2.75, 3.05) is 39.6 Å². The van der Waals surface area contributed by atoms with Crippen molar-refractivity contribution in [3.05, 3.63) is 0 Å². The van der Waals surface area contributed by atoms with Crippen molar-refractivity contribution in [3.63, 3.8) is 0 Å². The van der Waals surface area contributed by atoms with E-state index in [1.807, 2.05) is 0 Å². The van der Waals surface area contributed by atoms with E-state index in [0.29, 0.717) is 25.7 Å². The number of phosphoric acid groups is 2. The first kappa shape index (κ1) is 99.1. The Morgan fingerprint density at radius 2 is 0.455 bits per heavy atom. The van der Waals surface area contributed by atoms with Gasteiger partial charge in [-0.1, -0.05) is 382 Å². The molecule has 0 aromatic heterocycles. The fourth-order valence-electron chi connectivity index (χ4n) is 12.7. The van der Waals surface area contributed by atoms with Crippen LogP contribution in [-0.2, 0) is 65.4 Å². The molecule has 0 aromatic carbocycles. The van der Waals surface area contributed by atoms with Crippen LogP contribution in [0.5, 0.6) is 0 Å². The van der Waals surface area contributed by atoms with Crippen molar-refractivity contribution in [1.82, 2.24) is 0 Å². The number of ether oxygens (including phenoxy) is 4. The largest absolute Gasteiger partial charge is 0.472 e. The molecule has 0 aliphatic rings. The van der Waals surface area contributed by atoms with E-state index in [0.717, 1.165) is 102 Å². The third-order valence-electron chi connectivity index (χ3n) is 19.2. The fourth-order valence-corrected chi connectivity index (χ4v) is 14.3. The molecular weight excluding hydrogens is 1320 g/mol. The Balaban J connectivity index is 5.23. The number of unbranched alkanes of at least 4 members (excludes halogenated alkanes) is 51. The second-order valence-electron chi connectivity index (χ2n) is 30.5. The SMILES string of the molecule is CCCCCCCCCCCCCCCCCCCCCCCC(=O)O[C@H](COC(=O)CCCCCCCCCCCCCCC(C)C)COP(=O)(O)OC[C@@H](O)COP(=O)(O)OC[C@@H](COC(=O)CCCCCCCCCCC(C)C)OC(=O)CCCCCCCCCCCCCCCC. The molecule has 0 radical (unpaired) electrons. The molecule has 101 heavy (non-hydrogen) atoms. The zero-order valence-electron chi connectivity index (χ0n) is 66.2. The zero-order valence-corrected chi connectivity index (χ0v) is 68.0. The van der Waals surface area contributed by atoms with Crippen LogP contribution >= 0.6 is 15.6 Å². The lowest BCUT2D eigenvalue weighted by Crippen LogP contribution is -2.30. The first-order valence-electron chi connectivity index (χ1n) is 42.5. The van der Waals surface area contributed by atoms with Crippen LogP contribution in [0.25, 0.3) is 0 Å². The number of aliphatic hydroxyl groups excluding tert-OH is 1. The Morgan fingerprint density at radius 1 is 0.267 bits per heavy atom. The minimum Gasteiger partial charge on any atom is -0.462 e. The Kier molecular flexibility index (Phi) is 72.2. The summed E-state index contributed by atoms with van der Waals surface area (Å²) in [5.41, 5.74) is 0. The molecule has 0 rings (SSSR count). The molecule has 0 heterocycles. The van der Waals surface area contributed by atoms with Crippen LogP contribution < -0.4 is 0 Å². The summed E-state index contributed by atoms with van der Waals surface area (Å²) in [4.78, 5) is 73.1. The van der Waals surface area contributed by atoms with Crippen LogP contribution in [0.4, 0.5) is 0 Å². The zero-order chi connectivity index (χ0) is 74.2. The highest BCUT2D eigenvalue weighted by Gasteiger charge is 2.30. The summed E-state index contributed by atoms with van der Waals surface area (Å²) in [7, 11) is -9.92. The molecule has 0 amide bonds. The first-order chi connectivity index (χ1) is 48.9. The maximum atomic E-state index is 13.1. The van der Waals surface area contributed by atoms with Gasteiger partial charge in [-0.25, -0.2) is 9.13 Å². The van der Waals surface area contributed by atoms with E-state index in [-0.39, 0.29) is 25.7 Å².